The number of Topliss-reactive ketones (excluding diaryl/α,β-unsaturated/α-hetero) is 1. The third-order valence-corrected chi connectivity index (χ3v) is 8.30. The summed E-state index contributed by atoms with van der Waals surface area (Å²) < 4.78 is 6.06. The highest BCUT2D eigenvalue weighted by Crippen LogP contribution is 2.31. The summed E-state index contributed by atoms with van der Waals surface area (Å²) in [4.78, 5) is 63.6. The minimum atomic E-state index is -0.995. The van der Waals surface area contributed by atoms with Gasteiger partial charge in [-0.1, -0.05) is 45.7 Å². The summed E-state index contributed by atoms with van der Waals surface area (Å²) in [6.07, 6.45) is 3.66. The number of likely N-dealkylation sites (tertiary alicyclic amines) is 1. The molecule has 2 aromatic heterocycles. The Kier molecular flexibility index (Phi) is 10.1. The molecule has 1 saturated heterocycles. The van der Waals surface area contributed by atoms with E-state index in [-0.39, 0.29) is 24.9 Å². The highest BCUT2D eigenvalue weighted by atomic mass is 35.5. The molecule has 0 spiro atoms. The van der Waals surface area contributed by atoms with Crippen molar-refractivity contribution in [3.05, 3.63) is 34.4 Å². The van der Waals surface area contributed by atoms with Crippen molar-refractivity contribution in [3.63, 3.8) is 0 Å². The number of nitrogens with zero attached hydrogens (tertiary/aromatic N) is 3. The molecule has 0 bridgehead atoms. The average Bonchev–Trinajstić information content (AvgIpc) is 3.48. The van der Waals surface area contributed by atoms with Crippen LogP contribution in [0.5, 0.6) is 5.88 Å². The van der Waals surface area contributed by atoms with E-state index in [4.69, 9.17) is 16.3 Å². The van der Waals surface area contributed by atoms with Crippen molar-refractivity contribution in [1.82, 2.24) is 25.5 Å². The molecule has 3 heterocycles. The first-order chi connectivity index (χ1) is 19.8. The molecule has 228 valence electrons. The second kappa shape index (κ2) is 13.4. The van der Waals surface area contributed by atoms with E-state index < -0.39 is 47.2 Å². The Labute approximate surface area is 255 Å². The maximum atomic E-state index is 14.2. The third kappa shape index (κ3) is 8.19. The second-order valence-electron chi connectivity index (χ2n) is 12.0. The number of carbonyl (C=O) groups is 4. The Bertz CT molecular complexity index is 1290. The maximum absolute atomic E-state index is 14.2. The molecule has 1 aliphatic carbocycles. The number of nitrogens with one attached hydrogen (secondary N) is 3. The van der Waals surface area contributed by atoms with E-state index in [0.717, 1.165) is 18.5 Å². The summed E-state index contributed by atoms with van der Waals surface area (Å²) in [6.45, 7) is 9.69. The Balaban J connectivity index is 1.57. The quantitative estimate of drug-likeness (QED) is 0.307. The maximum Gasteiger partial charge on any atom is 0.289 e. The second-order valence-corrected chi connectivity index (χ2v) is 13.3. The molecule has 42 heavy (non-hydrogen) atoms. The number of ether oxygens (including phenoxy) is 1. The molecule has 1 aliphatic heterocycles. The summed E-state index contributed by atoms with van der Waals surface area (Å²) in [7, 11) is 0. The molecule has 2 aliphatic rings. The Morgan fingerprint density at radius 2 is 1.95 bits per heavy atom. The van der Waals surface area contributed by atoms with Crippen molar-refractivity contribution in [2.75, 3.05) is 11.9 Å². The number of anilines is 1. The number of halogens is 1. The lowest BCUT2D eigenvalue weighted by molar-refractivity contribution is -0.143. The molecule has 0 aromatic carbocycles. The molecule has 13 heteroatoms. The summed E-state index contributed by atoms with van der Waals surface area (Å²) in [5.74, 6) is -1.86. The fourth-order valence-electron chi connectivity index (χ4n) is 4.80. The van der Waals surface area contributed by atoms with E-state index in [9.17, 15) is 19.2 Å². The van der Waals surface area contributed by atoms with Crippen molar-refractivity contribution in [2.45, 2.75) is 97.0 Å². The molecule has 3 N–H and O–H groups in total. The van der Waals surface area contributed by atoms with Crippen molar-refractivity contribution in [3.8, 4) is 5.88 Å². The molecular weight excluding hydrogens is 580 g/mol. The topological polar surface area (TPSA) is 143 Å². The number of hydrogen-bond acceptors (Lipinski definition) is 9. The number of aromatic nitrogens is 2. The van der Waals surface area contributed by atoms with E-state index in [0.29, 0.717) is 28.9 Å². The van der Waals surface area contributed by atoms with Gasteiger partial charge in [0.1, 0.15) is 18.2 Å². The molecule has 2 fully saturated rings. The van der Waals surface area contributed by atoms with Gasteiger partial charge in [-0.3, -0.25) is 19.2 Å². The molecule has 1 saturated carbocycles. The first kappa shape index (κ1) is 31.7. The number of thiazole rings is 1. The molecule has 4 atom stereocenters. The first-order valence-corrected chi connectivity index (χ1v) is 15.5. The van der Waals surface area contributed by atoms with Gasteiger partial charge in [0.05, 0.1) is 23.3 Å². The fraction of sp³-hybridized carbons (Fsp3) is 0.586. The van der Waals surface area contributed by atoms with Gasteiger partial charge in [0.25, 0.3) is 5.91 Å². The van der Waals surface area contributed by atoms with Crippen molar-refractivity contribution < 1.29 is 23.9 Å². The molecule has 4 rings (SSSR count). The number of carbonyl (C=O) groups excluding carboxylic acids is 4. The predicted octanol–water partition coefficient (Wildman–Crippen LogP) is 3.51. The van der Waals surface area contributed by atoms with E-state index >= 15 is 0 Å². The van der Waals surface area contributed by atoms with Crippen LogP contribution in [0.3, 0.4) is 0 Å². The zero-order chi connectivity index (χ0) is 30.6. The monoisotopic (exact) mass is 618 g/mol. The van der Waals surface area contributed by atoms with Crippen LogP contribution in [-0.2, 0) is 19.2 Å². The Morgan fingerprint density at radius 1 is 1.21 bits per heavy atom. The summed E-state index contributed by atoms with van der Waals surface area (Å²) in [5.41, 5.74) is 0.304. The van der Waals surface area contributed by atoms with Gasteiger partial charge in [0.2, 0.25) is 23.5 Å². The zero-order valence-corrected chi connectivity index (χ0v) is 26.2. The van der Waals surface area contributed by atoms with Crippen LogP contribution in [0.25, 0.3) is 0 Å². The smallest absolute Gasteiger partial charge is 0.289 e. The van der Waals surface area contributed by atoms with Crippen LogP contribution in [0.1, 0.15) is 65.5 Å². The van der Waals surface area contributed by atoms with Crippen LogP contribution in [0, 0.1) is 12.3 Å². The number of ketones is 1. The van der Waals surface area contributed by atoms with E-state index in [1.54, 1.807) is 12.1 Å². The number of rotatable bonds is 12. The van der Waals surface area contributed by atoms with Crippen LogP contribution in [-0.4, -0.2) is 75.2 Å². The van der Waals surface area contributed by atoms with Crippen molar-refractivity contribution in [1.29, 1.82) is 0 Å². The summed E-state index contributed by atoms with van der Waals surface area (Å²) in [6, 6.07) is 0.660. The molecule has 0 radical (unpaired) electrons. The number of aryl methyl sites for hydroxylation is 1. The van der Waals surface area contributed by atoms with E-state index in [1.807, 2.05) is 40.0 Å². The van der Waals surface area contributed by atoms with Crippen LogP contribution >= 0.6 is 22.9 Å². The number of pyridine rings is 1. The molecular formula is C29H39ClN6O5S. The van der Waals surface area contributed by atoms with E-state index in [1.165, 1.54) is 22.4 Å². The molecule has 3 amide bonds. The molecule has 2 aromatic rings. The van der Waals surface area contributed by atoms with Crippen LogP contribution in [0.15, 0.2) is 23.7 Å². The molecule has 11 nitrogen and oxygen atoms in total. The fourth-order valence-corrected chi connectivity index (χ4v) is 5.63. The molecule has 1 unspecified atom stereocenters. The van der Waals surface area contributed by atoms with Crippen LogP contribution < -0.4 is 20.7 Å². The van der Waals surface area contributed by atoms with Crippen LogP contribution in [0.4, 0.5) is 5.13 Å². The lowest BCUT2D eigenvalue weighted by Gasteiger charge is -2.35. The standard InChI is InChI=1S/C29H39ClN6O5S/c1-6-7-20(23(37)26(39)33-18-9-10-18)34-25(38)21-12-19(41-22-11-8-17(30)13-31-22)14-36(21)27(40)24(29(3,4)5)35-28-32-16(2)15-42-28/h8,11,13,15,18-21,24H,6-7,9-10,12,14H2,1-5H3,(H,32,35)(H,33,39)(H,34,38)/t19-,20?,21-,24+/m0/s1. The summed E-state index contributed by atoms with van der Waals surface area (Å²) in [5, 5.41) is 11.7. The lowest BCUT2D eigenvalue weighted by Crippen LogP contribution is -2.56. The highest BCUT2D eigenvalue weighted by molar-refractivity contribution is 7.13. The minimum Gasteiger partial charge on any atom is -0.472 e. The zero-order valence-electron chi connectivity index (χ0n) is 24.6. The Hall–Kier alpha value is -3.25. The first-order valence-electron chi connectivity index (χ1n) is 14.3. The van der Waals surface area contributed by atoms with Gasteiger partial charge in [0.15, 0.2) is 5.13 Å². The van der Waals surface area contributed by atoms with Gasteiger partial charge < -0.3 is 25.6 Å². The third-order valence-electron chi connectivity index (χ3n) is 7.18. The van der Waals surface area contributed by atoms with Crippen molar-refractivity contribution >= 4 is 51.6 Å². The SMILES string of the molecule is CCCC(NC(=O)[C@@H]1C[C@H](Oc2ccc(Cl)cn2)CN1C(=O)[C@@H](Nc1nc(C)cs1)C(C)(C)C)C(=O)C(=O)NC1CC1. The summed E-state index contributed by atoms with van der Waals surface area (Å²) >= 11 is 7.37. The average molecular weight is 619 g/mol. The van der Waals surface area contributed by atoms with Gasteiger partial charge in [-0.05, 0) is 37.7 Å². The van der Waals surface area contributed by atoms with Gasteiger partial charge >= 0.3 is 0 Å². The number of amides is 3. The van der Waals surface area contributed by atoms with Gasteiger partial charge in [0, 0.05) is 30.1 Å². The lowest BCUT2D eigenvalue weighted by atomic mass is 9.85. The van der Waals surface area contributed by atoms with Gasteiger partial charge in [-0.15, -0.1) is 11.3 Å². The van der Waals surface area contributed by atoms with Crippen LogP contribution in [0.2, 0.25) is 5.02 Å². The minimum absolute atomic E-state index is 0.0187. The van der Waals surface area contributed by atoms with Gasteiger partial charge in [-0.25, -0.2) is 9.97 Å². The van der Waals surface area contributed by atoms with Crippen molar-refractivity contribution in [2.24, 2.45) is 5.41 Å². The van der Waals surface area contributed by atoms with E-state index in [2.05, 4.69) is 25.9 Å². The number of hydrogen-bond donors (Lipinski definition) is 3. The predicted molar refractivity (Wildman–Crippen MR) is 161 cm³/mol. The largest absolute Gasteiger partial charge is 0.472 e. The Morgan fingerprint density at radius 3 is 2.52 bits per heavy atom. The van der Waals surface area contributed by atoms with Gasteiger partial charge in [-0.2, -0.15) is 0 Å². The normalized spacial score (nSPS) is 20.0. The highest BCUT2D eigenvalue weighted by Gasteiger charge is 2.46.